The summed E-state index contributed by atoms with van der Waals surface area (Å²) < 4.78 is 7.52. The molecule has 3 aromatic rings. The van der Waals surface area contributed by atoms with E-state index < -0.39 is 0 Å². The van der Waals surface area contributed by atoms with Crippen molar-refractivity contribution in [2.45, 2.75) is 20.1 Å². The number of nitrogens with one attached hydrogen (secondary N) is 1. The molecular formula is C19H21N5O3. The molecule has 0 unspecified atom stereocenters. The van der Waals surface area contributed by atoms with Gasteiger partial charge in [0.1, 0.15) is 18.1 Å². The number of fused-ring (bicyclic) bond motifs is 1. The van der Waals surface area contributed by atoms with Gasteiger partial charge in [-0.15, -0.1) is 0 Å². The highest BCUT2D eigenvalue weighted by Crippen LogP contribution is 2.26. The van der Waals surface area contributed by atoms with Crippen molar-refractivity contribution in [2.75, 3.05) is 13.2 Å². The molecule has 4 rings (SSSR count). The number of rotatable bonds is 3. The third kappa shape index (κ3) is 3.19. The number of nitrogens with zero attached hydrogens (tertiary/aromatic N) is 4. The maximum atomic E-state index is 13.0. The van der Waals surface area contributed by atoms with Crippen molar-refractivity contribution >= 4 is 5.91 Å². The van der Waals surface area contributed by atoms with Gasteiger partial charge in [0.05, 0.1) is 25.0 Å². The first-order valence-electron chi connectivity index (χ1n) is 8.76. The predicted octanol–water partition coefficient (Wildman–Crippen LogP) is 1.65. The number of ether oxygens (including phenoxy) is 1. The van der Waals surface area contributed by atoms with Crippen molar-refractivity contribution in [3.05, 3.63) is 53.0 Å². The van der Waals surface area contributed by atoms with Gasteiger partial charge in [-0.1, -0.05) is 6.07 Å². The van der Waals surface area contributed by atoms with E-state index in [1.165, 1.54) is 0 Å². The molecule has 0 aliphatic carbocycles. The Labute approximate surface area is 156 Å². The summed E-state index contributed by atoms with van der Waals surface area (Å²) in [5.74, 6) is 0.611. The summed E-state index contributed by atoms with van der Waals surface area (Å²) in [6.07, 6.45) is 1.74. The van der Waals surface area contributed by atoms with E-state index in [9.17, 15) is 9.90 Å². The Morgan fingerprint density at radius 2 is 2.22 bits per heavy atom. The van der Waals surface area contributed by atoms with E-state index in [0.29, 0.717) is 31.1 Å². The van der Waals surface area contributed by atoms with E-state index in [1.807, 2.05) is 32.2 Å². The zero-order valence-electron chi connectivity index (χ0n) is 15.3. The third-order valence-corrected chi connectivity index (χ3v) is 4.89. The fourth-order valence-electron chi connectivity index (χ4n) is 3.21. The van der Waals surface area contributed by atoms with Crippen LogP contribution < -0.4 is 4.74 Å². The molecule has 0 radical (unpaired) electrons. The van der Waals surface area contributed by atoms with Crippen molar-refractivity contribution in [2.24, 2.45) is 7.05 Å². The maximum absolute atomic E-state index is 13.0. The number of hydrogen-bond donors (Lipinski definition) is 2. The highest BCUT2D eigenvalue weighted by atomic mass is 16.5. The fourth-order valence-corrected chi connectivity index (χ4v) is 3.21. The summed E-state index contributed by atoms with van der Waals surface area (Å²) in [6, 6.07) is 7.30. The molecule has 0 saturated heterocycles. The van der Waals surface area contributed by atoms with Gasteiger partial charge >= 0.3 is 0 Å². The van der Waals surface area contributed by atoms with Crippen molar-refractivity contribution in [1.82, 2.24) is 24.9 Å². The average Bonchev–Trinajstić information content (AvgIpc) is 3.21. The van der Waals surface area contributed by atoms with Crippen molar-refractivity contribution < 1.29 is 14.6 Å². The minimum absolute atomic E-state index is 0.0460. The van der Waals surface area contributed by atoms with Gasteiger partial charge in [0.25, 0.3) is 5.91 Å². The number of amides is 1. The molecule has 1 aliphatic rings. The molecule has 140 valence electrons. The van der Waals surface area contributed by atoms with Crippen LogP contribution in [-0.4, -0.2) is 49.0 Å². The molecule has 0 spiro atoms. The summed E-state index contributed by atoms with van der Waals surface area (Å²) in [4.78, 5) is 14.7. The lowest BCUT2D eigenvalue weighted by Gasteiger charge is -2.19. The van der Waals surface area contributed by atoms with Crippen LogP contribution in [0.2, 0.25) is 0 Å². The number of aryl methyl sites for hydroxylation is 1. The van der Waals surface area contributed by atoms with Crippen LogP contribution in [0.3, 0.4) is 0 Å². The smallest absolute Gasteiger partial charge is 0.272 e. The van der Waals surface area contributed by atoms with E-state index in [0.717, 1.165) is 28.1 Å². The highest BCUT2D eigenvalue weighted by molar-refractivity contribution is 5.93. The molecule has 2 aromatic heterocycles. The Hall–Kier alpha value is -3.13. The van der Waals surface area contributed by atoms with Gasteiger partial charge in [0, 0.05) is 30.4 Å². The molecule has 3 heterocycles. The minimum atomic E-state index is -0.138. The molecule has 1 aromatic carbocycles. The number of aromatic nitrogens is 4. The SMILES string of the molecule is Cc1c(-c2cc(C(=O)N3CCOc4ccc(CO)cc4C3)[nH]n2)cnn1C. The van der Waals surface area contributed by atoms with E-state index in [1.54, 1.807) is 21.8 Å². The first-order chi connectivity index (χ1) is 13.1. The van der Waals surface area contributed by atoms with Gasteiger partial charge in [-0.2, -0.15) is 10.2 Å². The number of hydrogen-bond acceptors (Lipinski definition) is 5. The van der Waals surface area contributed by atoms with Crippen LogP contribution in [0.15, 0.2) is 30.5 Å². The predicted molar refractivity (Wildman–Crippen MR) is 98.1 cm³/mol. The summed E-state index contributed by atoms with van der Waals surface area (Å²) in [5.41, 5.74) is 4.67. The van der Waals surface area contributed by atoms with Gasteiger partial charge in [-0.3, -0.25) is 14.6 Å². The van der Waals surface area contributed by atoms with Crippen LogP contribution >= 0.6 is 0 Å². The van der Waals surface area contributed by atoms with Crippen molar-refractivity contribution in [1.29, 1.82) is 0 Å². The second kappa shape index (κ2) is 6.88. The van der Waals surface area contributed by atoms with E-state index in [4.69, 9.17) is 4.74 Å². The Kier molecular flexibility index (Phi) is 4.41. The molecule has 1 amide bonds. The lowest BCUT2D eigenvalue weighted by Crippen LogP contribution is -2.32. The number of benzene rings is 1. The van der Waals surface area contributed by atoms with Crippen LogP contribution in [0, 0.1) is 6.92 Å². The Morgan fingerprint density at radius 1 is 1.37 bits per heavy atom. The van der Waals surface area contributed by atoms with Crippen molar-refractivity contribution in [3.63, 3.8) is 0 Å². The number of carbonyl (C=O) groups is 1. The fraction of sp³-hybridized carbons (Fsp3) is 0.316. The average molecular weight is 367 g/mol. The summed E-state index contributed by atoms with van der Waals surface area (Å²) in [7, 11) is 1.87. The summed E-state index contributed by atoms with van der Waals surface area (Å²) in [5, 5.41) is 20.7. The zero-order chi connectivity index (χ0) is 19.0. The van der Waals surface area contributed by atoms with Crippen LogP contribution in [0.4, 0.5) is 0 Å². The number of aromatic amines is 1. The largest absolute Gasteiger partial charge is 0.491 e. The number of aliphatic hydroxyl groups excluding tert-OH is 1. The van der Waals surface area contributed by atoms with E-state index >= 15 is 0 Å². The number of aliphatic hydroxyl groups is 1. The maximum Gasteiger partial charge on any atom is 0.272 e. The zero-order valence-corrected chi connectivity index (χ0v) is 15.3. The number of carbonyl (C=O) groups excluding carboxylic acids is 1. The van der Waals surface area contributed by atoms with Crippen molar-refractivity contribution in [3.8, 4) is 17.0 Å². The molecule has 1 aliphatic heterocycles. The Bertz CT molecular complexity index is 991. The molecular weight excluding hydrogens is 346 g/mol. The van der Waals surface area contributed by atoms with Gasteiger partial charge in [-0.05, 0) is 30.7 Å². The topological polar surface area (TPSA) is 96.3 Å². The van der Waals surface area contributed by atoms with E-state index in [-0.39, 0.29) is 12.5 Å². The standard InChI is InChI=1S/C19H21N5O3/c1-12-15(9-20-23(12)2)16-8-17(22-21-16)19(26)24-5-6-27-18-4-3-13(11-25)7-14(18)10-24/h3-4,7-9,25H,5-6,10-11H2,1-2H3,(H,21,22). The van der Waals surface area contributed by atoms with Crippen LogP contribution in [0.5, 0.6) is 5.75 Å². The lowest BCUT2D eigenvalue weighted by atomic mass is 10.1. The van der Waals surface area contributed by atoms with Gasteiger partial charge < -0.3 is 14.7 Å². The van der Waals surface area contributed by atoms with Gasteiger partial charge in [0.15, 0.2) is 0 Å². The van der Waals surface area contributed by atoms with Gasteiger partial charge in [-0.25, -0.2) is 0 Å². The molecule has 27 heavy (non-hydrogen) atoms. The summed E-state index contributed by atoms with van der Waals surface area (Å²) in [6.45, 7) is 3.22. The quantitative estimate of drug-likeness (QED) is 0.734. The van der Waals surface area contributed by atoms with Crippen LogP contribution in [0.25, 0.3) is 11.3 Å². The van der Waals surface area contributed by atoms with E-state index in [2.05, 4.69) is 15.3 Å². The van der Waals surface area contributed by atoms with Gasteiger partial charge in [0.2, 0.25) is 0 Å². The second-order valence-corrected chi connectivity index (χ2v) is 6.61. The molecule has 8 nitrogen and oxygen atoms in total. The normalized spacial score (nSPS) is 13.8. The minimum Gasteiger partial charge on any atom is -0.491 e. The molecule has 0 bridgehead atoms. The first-order valence-corrected chi connectivity index (χ1v) is 8.76. The molecule has 8 heteroatoms. The first kappa shape index (κ1) is 17.3. The molecule has 0 fully saturated rings. The second-order valence-electron chi connectivity index (χ2n) is 6.61. The third-order valence-electron chi connectivity index (χ3n) is 4.89. The Balaban J connectivity index is 1.58. The van der Waals surface area contributed by atoms with Crippen LogP contribution in [-0.2, 0) is 20.2 Å². The summed E-state index contributed by atoms with van der Waals surface area (Å²) >= 11 is 0. The van der Waals surface area contributed by atoms with Crippen LogP contribution in [0.1, 0.15) is 27.3 Å². The molecule has 0 saturated carbocycles. The molecule has 0 atom stereocenters. The molecule has 2 N–H and O–H groups in total. The Morgan fingerprint density at radius 3 is 2.96 bits per heavy atom. The highest BCUT2D eigenvalue weighted by Gasteiger charge is 2.23. The lowest BCUT2D eigenvalue weighted by molar-refractivity contribution is 0.0727. The number of H-pyrrole nitrogens is 1. The monoisotopic (exact) mass is 367 g/mol.